The zero-order valence-corrected chi connectivity index (χ0v) is 9.94. The molecule has 86 valence electrons. The van der Waals surface area contributed by atoms with Gasteiger partial charge in [-0.15, -0.1) is 11.8 Å². The third kappa shape index (κ3) is 4.46. The van der Waals surface area contributed by atoms with Crippen LogP contribution in [-0.2, 0) is 6.42 Å². The first-order valence-electron chi connectivity index (χ1n) is 5.59. The van der Waals surface area contributed by atoms with Crippen molar-refractivity contribution in [2.45, 2.75) is 26.7 Å². The first-order chi connectivity index (χ1) is 7.74. The third-order valence-electron chi connectivity index (χ3n) is 2.48. The van der Waals surface area contributed by atoms with Crippen molar-refractivity contribution in [3.8, 4) is 11.8 Å². The third-order valence-corrected chi connectivity index (χ3v) is 2.48. The van der Waals surface area contributed by atoms with Gasteiger partial charge in [0.05, 0.1) is 0 Å². The van der Waals surface area contributed by atoms with Crippen LogP contribution in [0.5, 0.6) is 0 Å². The molecule has 16 heavy (non-hydrogen) atoms. The van der Waals surface area contributed by atoms with E-state index in [2.05, 4.69) is 17.2 Å². The van der Waals surface area contributed by atoms with Gasteiger partial charge in [-0.05, 0) is 50.1 Å². The monoisotopic (exact) mass is 219 g/mol. The molecule has 0 aliphatic heterocycles. The quantitative estimate of drug-likeness (QED) is 0.593. The predicted octanol–water partition coefficient (Wildman–Crippen LogP) is 2.68. The van der Waals surface area contributed by atoms with Gasteiger partial charge < -0.3 is 5.32 Å². The standard InChI is InChI=1S/C14H18FN/c1-3-4-5-9-16-10-8-13-6-7-14(15)11-12(13)2/h6-7,11,16H,5,8-10H2,1-2H3. The zero-order valence-electron chi connectivity index (χ0n) is 9.94. The lowest BCUT2D eigenvalue weighted by molar-refractivity contribution is 0.624. The van der Waals surface area contributed by atoms with Gasteiger partial charge in [0, 0.05) is 13.0 Å². The Morgan fingerprint density at radius 2 is 2.12 bits per heavy atom. The van der Waals surface area contributed by atoms with Gasteiger partial charge in [-0.1, -0.05) is 6.07 Å². The fourth-order valence-corrected chi connectivity index (χ4v) is 1.56. The van der Waals surface area contributed by atoms with Crippen LogP contribution >= 0.6 is 0 Å². The van der Waals surface area contributed by atoms with Gasteiger partial charge in [-0.3, -0.25) is 0 Å². The number of benzene rings is 1. The van der Waals surface area contributed by atoms with Gasteiger partial charge in [-0.2, -0.15) is 0 Å². The van der Waals surface area contributed by atoms with Crippen molar-refractivity contribution in [2.75, 3.05) is 13.1 Å². The molecule has 0 heterocycles. The first-order valence-corrected chi connectivity index (χ1v) is 5.59. The number of hydrogen-bond donors (Lipinski definition) is 1. The summed E-state index contributed by atoms with van der Waals surface area (Å²) in [5.74, 6) is 5.70. The number of nitrogens with one attached hydrogen (secondary N) is 1. The molecule has 1 rings (SSSR count). The van der Waals surface area contributed by atoms with Gasteiger partial charge in [0.2, 0.25) is 0 Å². The maximum absolute atomic E-state index is 12.8. The molecule has 0 unspecified atom stereocenters. The molecule has 1 aromatic rings. The van der Waals surface area contributed by atoms with Crippen LogP contribution in [0.3, 0.4) is 0 Å². The molecule has 0 saturated heterocycles. The molecule has 1 nitrogen and oxygen atoms in total. The van der Waals surface area contributed by atoms with Crippen molar-refractivity contribution in [1.82, 2.24) is 5.32 Å². The van der Waals surface area contributed by atoms with Crippen molar-refractivity contribution < 1.29 is 4.39 Å². The molecular weight excluding hydrogens is 201 g/mol. The Labute approximate surface area is 97.1 Å². The molecule has 1 aromatic carbocycles. The van der Waals surface area contributed by atoms with E-state index in [0.29, 0.717) is 0 Å². The molecule has 0 aromatic heterocycles. The lowest BCUT2D eigenvalue weighted by Crippen LogP contribution is -2.18. The van der Waals surface area contributed by atoms with Crippen LogP contribution in [0.1, 0.15) is 24.5 Å². The second-order valence-corrected chi connectivity index (χ2v) is 3.75. The lowest BCUT2D eigenvalue weighted by Gasteiger charge is -2.06. The van der Waals surface area contributed by atoms with Gasteiger partial charge in [-0.25, -0.2) is 4.39 Å². The summed E-state index contributed by atoms with van der Waals surface area (Å²) in [6.07, 6.45) is 1.82. The highest BCUT2D eigenvalue weighted by atomic mass is 19.1. The van der Waals surface area contributed by atoms with Crippen molar-refractivity contribution in [2.24, 2.45) is 0 Å². The largest absolute Gasteiger partial charge is 0.315 e. The number of rotatable bonds is 5. The highest BCUT2D eigenvalue weighted by Crippen LogP contribution is 2.10. The maximum Gasteiger partial charge on any atom is 0.123 e. The minimum Gasteiger partial charge on any atom is -0.315 e. The zero-order chi connectivity index (χ0) is 11.8. The minimum atomic E-state index is -0.160. The topological polar surface area (TPSA) is 12.0 Å². The van der Waals surface area contributed by atoms with E-state index in [9.17, 15) is 4.39 Å². The smallest absolute Gasteiger partial charge is 0.123 e. The number of hydrogen-bond acceptors (Lipinski definition) is 1. The lowest BCUT2D eigenvalue weighted by atomic mass is 10.1. The summed E-state index contributed by atoms with van der Waals surface area (Å²) in [5.41, 5.74) is 2.23. The molecule has 0 bridgehead atoms. The summed E-state index contributed by atoms with van der Waals surface area (Å²) in [7, 11) is 0. The number of aryl methyl sites for hydroxylation is 1. The average molecular weight is 219 g/mol. The molecule has 0 amide bonds. The van der Waals surface area contributed by atoms with E-state index < -0.39 is 0 Å². The van der Waals surface area contributed by atoms with E-state index in [1.165, 1.54) is 11.6 Å². The van der Waals surface area contributed by atoms with Gasteiger partial charge in [0.15, 0.2) is 0 Å². The Kier molecular flexibility index (Phi) is 5.60. The molecule has 0 saturated carbocycles. The summed E-state index contributed by atoms with van der Waals surface area (Å²) < 4.78 is 12.8. The van der Waals surface area contributed by atoms with Crippen LogP contribution in [0, 0.1) is 24.6 Å². The van der Waals surface area contributed by atoms with Crippen molar-refractivity contribution in [3.63, 3.8) is 0 Å². The normalized spacial score (nSPS) is 9.69. The summed E-state index contributed by atoms with van der Waals surface area (Å²) in [4.78, 5) is 0. The van der Waals surface area contributed by atoms with E-state index in [0.717, 1.165) is 31.5 Å². The summed E-state index contributed by atoms with van der Waals surface area (Å²) in [6, 6.07) is 4.96. The van der Waals surface area contributed by atoms with Gasteiger partial charge >= 0.3 is 0 Å². The van der Waals surface area contributed by atoms with Crippen LogP contribution < -0.4 is 5.32 Å². The molecular formula is C14H18FN. The predicted molar refractivity (Wildman–Crippen MR) is 65.8 cm³/mol. The Hall–Kier alpha value is -1.33. The Balaban J connectivity index is 2.28. The van der Waals surface area contributed by atoms with Crippen molar-refractivity contribution in [1.29, 1.82) is 0 Å². The van der Waals surface area contributed by atoms with Crippen LogP contribution in [0.25, 0.3) is 0 Å². The minimum absolute atomic E-state index is 0.160. The summed E-state index contributed by atoms with van der Waals surface area (Å²) in [5, 5.41) is 3.31. The van der Waals surface area contributed by atoms with E-state index in [1.54, 1.807) is 6.07 Å². The first kappa shape index (κ1) is 12.7. The van der Waals surface area contributed by atoms with E-state index >= 15 is 0 Å². The van der Waals surface area contributed by atoms with Crippen LogP contribution in [0.15, 0.2) is 18.2 Å². The fraction of sp³-hybridized carbons (Fsp3) is 0.429. The molecule has 0 atom stereocenters. The van der Waals surface area contributed by atoms with E-state index in [1.807, 2.05) is 19.9 Å². The molecule has 0 aliphatic carbocycles. The second kappa shape index (κ2) is 7.03. The molecule has 0 spiro atoms. The summed E-state index contributed by atoms with van der Waals surface area (Å²) >= 11 is 0. The number of halogens is 1. The van der Waals surface area contributed by atoms with E-state index in [4.69, 9.17) is 0 Å². The SMILES string of the molecule is CC#CCCNCCc1ccc(F)cc1C. The van der Waals surface area contributed by atoms with Gasteiger partial charge in [0.1, 0.15) is 5.82 Å². The molecule has 0 fully saturated rings. The van der Waals surface area contributed by atoms with Crippen LogP contribution in [0.4, 0.5) is 4.39 Å². The molecule has 1 N–H and O–H groups in total. The van der Waals surface area contributed by atoms with Crippen LogP contribution in [0.2, 0.25) is 0 Å². The fourth-order valence-electron chi connectivity index (χ4n) is 1.56. The van der Waals surface area contributed by atoms with Crippen LogP contribution in [-0.4, -0.2) is 13.1 Å². The highest BCUT2D eigenvalue weighted by Gasteiger charge is 1.99. The van der Waals surface area contributed by atoms with Gasteiger partial charge in [0.25, 0.3) is 0 Å². The van der Waals surface area contributed by atoms with E-state index in [-0.39, 0.29) is 5.82 Å². The Morgan fingerprint density at radius 1 is 1.31 bits per heavy atom. The average Bonchev–Trinajstić information content (AvgIpc) is 2.26. The summed E-state index contributed by atoms with van der Waals surface area (Å²) in [6.45, 7) is 5.63. The molecule has 0 aliphatic rings. The second-order valence-electron chi connectivity index (χ2n) is 3.75. The molecule has 0 radical (unpaired) electrons. The van der Waals surface area contributed by atoms with Crippen molar-refractivity contribution >= 4 is 0 Å². The molecule has 2 heteroatoms. The van der Waals surface area contributed by atoms with Crippen molar-refractivity contribution in [3.05, 3.63) is 35.1 Å². The Bertz CT molecular complexity index is 387. The Morgan fingerprint density at radius 3 is 2.81 bits per heavy atom. The maximum atomic E-state index is 12.8. The highest BCUT2D eigenvalue weighted by molar-refractivity contribution is 5.26.